The fourth-order valence-electron chi connectivity index (χ4n) is 3.56. The lowest BCUT2D eigenvalue weighted by Gasteiger charge is -2.28. The Morgan fingerprint density at radius 2 is 2.21 bits per heavy atom. The van der Waals surface area contributed by atoms with E-state index in [4.69, 9.17) is 4.74 Å². The highest BCUT2D eigenvalue weighted by Gasteiger charge is 2.31. The molecule has 0 saturated carbocycles. The van der Waals surface area contributed by atoms with Crippen LogP contribution in [0, 0.1) is 12.8 Å². The van der Waals surface area contributed by atoms with Crippen LogP contribution in [0.15, 0.2) is 24.4 Å². The van der Waals surface area contributed by atoms with Crippen molar-refractivity contribution in [3.63, 3.8) is 0 Å². The lowest BCUT2D eigenvalue weighted by molar-refractivity contribution is -0.899. The van der Waals surface area contributed by atoms with Gasteiger partial charge in [-0.15, -0.1) is 0 Å². The van der Waals surface area contributed by atoms with E-state index in [1.165, 1.54) is 4.90 Å². The lowest BCUT2D eigenvalue weighted by atomic mass is 9.97. The standard InChI is InChI=1S/C19H24N2O3/c1-3-24-19(23)14-5-4-8-21(11-14)12-18(22)16-10-20-17-7-6-13(2)9-15(16)17/h6-7,9-10,14,20H,3-5,8,11-12H2,1-2H3/p+1/t14-/m1/s1. The maximum atomic E-state index is 12.7. The Labute approximate surface area is 142 Å². The average Bonchev–Trinajstić information content (AvgIpc) is 2.98. The molecule has 2 heterocycles. The number of hydrogen-bond donors (Lipinski definition) is 2. The number of likely N-dealkylation sites (tertiary alicyclic amines) is 1. The van der Waals surface area contributed by atoms with E-state index in [2.05, 4.69) is 4.98 Å². The van der Waals surface area contributed by atoms with Crippen LogP contribution in [-0.4, -0.2) is 43.0 Å². The van der Waals surface area contributed by atoms with Crippen LogP contribution >= 0.6 is 0 Å². The molecule has 1 aromatic heterocycles. The third-order valence-corrected chi connectivity index (χ3v) is 4.79. The Balaban J connectivity index is 1.69. The second-order valence-corrected chi connectivity index (χ2v) is 6.65. The van der Waals surface area contributed by atoms with E-state index in [0.717, 1.165) is 41.4 Å². The summed E-state index contributed by atoms with van der Waals surface area (Å²) in [6.45, 7) is 6.32. The van der Waals surface area contributed by atoms with Gasteiger partial charge in [-0.2, -0.15) is 0 Å². The molecule has 1 fully saturated rings. The van der Waals surface area contributed by atoms with Crippen LogP contribution in [0.2, 0.25) is 0 Å². The summed E-state index contributed by atoms with van der Waals surface area (Å²) in [5.41, 5.74) is 2.88. The zero-order valence-electron chi connectivity index (χ0n) is 14.4. The zero-order valence-corrected chi connectivity index (χ0v) is 14.4. The molecule has 3 rings (SSSR count). The number of piperidine rings is 1. The number of aromatic amines is 1. The molecule has 0 aliphatic carbocycles. The predicted octanol–water partition coefficient (Wildman–Crippen LogP) is 1.52. The summed E-state index contributed by atoms with van der Waals surface area (Å²) in [5.74, 6) is -0.0667. The van der Waals surface area contributed by atoms with E-state index in [1.54, 1.807) is 6.20 Å². The summed E-state index contributed by atoms with van der Waals surface area (Å²) < 4.78 is 5.14. The fourth-order valence-corrected chi connectivity index (χ4v) is 3.56. The molecule has 1 unspecified atom stereocenters. The van der Waals surface area contributed by atoms with Gasteiger partial charge < -0.3 is 14.6 Å². The van der Waals surface area contributed by atoms with Gasteiger partial charge in [0.2, 0.25) is 5.78 Å². The van der Waals surface area contributed by atoms with Crippen LogP contribution < -0.4 is 4.90 Å². The minimum atomic E-state index is -0.120. The minimum absolute atomic E-state index is 0.0771. The first-order chi connectivity index (χ1) is 11.6. The largest absolute Gasteiger partial charge is 0.466 e. The number of carbonyl (C=O) groups excluding carboxylic acids is 2. The van der Waals surface area contributed by atoms with Crippen LogP contribution in [-0.2, 0) is 9.53 Å². The van der Waals surface area contributed by atoms with E-state index in [-0.39, 0.29) is 17.7 Å². The van der Waals surface area contributed by atoms with Gasteiger partial charge in [0.05, 0.1) is 19.7 Å². The molecule has 5 nitrogen and oxygen atoms in total. The summed E-state index contributed by atoms with van der Waals surface area (Å²) >= 11 is 0. The van der Waals surface area contributed by atoms with Crippen LogP contribution in [0.3, 0.4) is 0 Å². The molecular weight excluding hydrogens is 304 g/mol. The van der Waals surface area contributed by atoms with Gasteiger partial charge in [-0.25, -0.2) is 0 Å². The van der Waals surface area contributed by atoms with Gasteiger partial charge in [0.25, 0.3) is 0 Å². The van der Waals surface area contributed by atoms with Crippen molar-refractivity contribution in [2.45, 2.75) is 26.7 Å². The van der Waals surface area contributed by atoms with Crippen molar-refractivity contribution in [1.82, 2.24) is 4.98 Å². The topological polar surface area (TPSA) is 63.6 Å². The number of ketones is 1. The minimum Gasteiger partial charge on any atom is -0.466 e. The summed E-state index contributed by atoms with van der Waals surface area (Å²) in [7, 11) is 0. The van der Waals surface area contributed by atoms with E-state index in [9.17, 15) is 9.59 Å². The number of rotatable bonds is 5. The van der Waals surface area contributed by atoms with E-state index < -0.39 is 0 Å². The van der Waals surface area contributed by atoms with Gasteiger partial charge in [-0.3, -0.25) is 9.59 Å². The molecule has 0 radical (unpaired) electrons. The van der Waals surface area contributed by atoms with Crippen molar-refractivity contribution in [3.05, 3.63) is 35.5 Å². The van der Waals surface area contributed by atoms with E-state index in [0.29, 0.717) is 19.7 Å². The third kappa shape index (κ3) is 3.51. The predicted molar refractivity (Wildman–Crippen MR) is 92.3 cm³/mol. The van der Waals surface area contributed by atoms with E-state index in [1.807, 2.05) is 32.0 Å². The molecule has 0 bridgehead atoms. The second kappa shape index (κ2) is 7.18. The number of aromatic nitrogens is 1. The first-order valence-corrected chi connectivity index (χ1v) is 8.69. The van der Waals surface area contributed by atoms with Gasteiger partial charge in [-0.1, -0.05) is 11.6 Å². The number of nitrogens with one attached hydrogen (secondary N) is 2. The number of esters is 1. The maximum Gasteiger partial charge on any atom is 0.314 e. The van der Waals surface area contributed by atoms with Crippen LogP contribution in [0.25, 0.3) is 10.9 Å². The molecule has 128 valence electrons. The average molecular weight is 329 g/mol. The number of quaternary nitrogens is 1. The molecule has 1 aliphatic rings. The highest BCUT2D eigenvalue weighted by atomic mass is 16.5. The van der Waals surface area contributed by atoms with Gasteiger partial charge in [0, 0.05) is 22.7 Å². The molecule has 0 amide bonds. The number of ether oxygens (including phenoxy) is 1. The molecule has 5 heteroatoms. The Morgan fingerprint density at radius 3 is 3.00 bits per heavy atom. The molecular formula is C19H25N2O3+. The number of benzene rings is 1. The first-order valence-electron chi connectivity index (χ1n) is 8.69. The zero-order chi connectivity index (χ0) is 17.1. The monoisotopic (exact) mass is 329 g/mol. The normalized spacial score (nSPS) is 20.9. The van der Waals surface area contributed by atoms with Crippen molar-refractivity contribution in [2.24, 2.45) is 5.92 Å². The molecule has 0 spiro atoms. The summed E-state index contributed by atoms with van der Waals surface area (Å²) in [4.78, 5) is 29.0. The Kier molecular flexibility index (Phi) is 5.00. The third-order valence-electron chi connectivity index (χ3n) is 4.79. The lowest BCUT2D eigenvalue weighted by Crippen LogP contribution is -3.14. The Bertz CT molecular complexity index is 750. The molecule has 1 saturated heterocycles. The number of aryl methyl sites for hydroxylation is 1. The quantitative estimate of drug-likeness (QED) is 0.646. The second-order valence-electron chi connectivity index (χ2n) is 6.65. The maximum absolute atomic E-state index is 12.7. The van der Waals surface area contributed by atoms with Gasteiger partial charge in [0.15, 0.2) is 0 Å². The van der Waals surface area contributed by atoms with Crippen molar-refractivity contribution in [1.29, 1.82) is 0 Å². The highest BCUT2D eigenvalue weighted by molar-refractivity contribution is 6.08. The Morgan fingerprint density at radius 1 is 1.38 bits per heavy atom. The molecule has 24 heavy (non-hydrogen) atoms. The van der Waals surface area contributed by atoms with E-state index >= 15 is 0 Å². The molecule has 1 aromatic carbocycles. The molecule has 2 atom stereocenters. The van der Waals surface area contributed by atoms with Crippen LogP contribution in [0.1, 0.15) is 35.7 Å². The van der Waals surface area contributed by atoms with Crippen molar-refractivity contribution >= 4 is 22.7 Å². The SMILES string of the molecule is CCOC(=O)[C@@H]1CCC[NH+](CC(=O)c2c[nH]c3ccc(C)cc23)C1. The number of carbonyl (C=O) groups is 2. The summed E-state index contributed by atoms with van der Waals surface area (Å²) in [5, 5.41) is 0.985. The number of H-pyrrole nitrogens is 1. The van der Waals surface area contributed by atoms with Gasteiger partial charge in [-0.05, 0) is 38.8 Å². The Hall–Kier alpha value is -2.14. The smallest absolute Gasteiger partial charge is 0.314 e. The van der Waals surface area contributed by atoms with Crippen molar-refractivity contribution in [3.8, 4) is 0 Å². The number of hydrogen-bond acceptors (Lipinski definition) is 3. The van der Waals surface area contributed by atoms with Gasteiger partial charge >= 0.3 is 5.97 Å². The van der Waals surface area contributed by atoms with Crippen LogP contribution in [0.5, 0.6) is 0 Å². The highest BCUT2D eigenvalue weighted by Crippen LogP contribution is 2.20. The summed E-state index contributed by atoms with van der Waals surface area (Å²) in [6.07, 6.45) is 3.63. The molecule has 2 N–H and O–H groups in total. The number of Topliss-reactive ketones (excluding diaryl/α,β-unsaturated/α-hetero) is 1. The van der Waals surface area contributed by atoms with Crippen molar-refractivity contribution < 1.29 is 19.2 Å². The fraction of sp³-hybridized carbons (Fsp3) is 0.474. The van der Waals surface area contributed by atoms with Gasteiger partial charge in [0.1, 0.15) is 12.5 Å². The van der Waals surface area contributed by atoms with Crippen LogP contribution in [0.4, 0.5) is 0 Å². The summed E-state index contributed by atoms with van der Waals surface area (Å²) in [6, 6.07) is 6.09. The first kappa shape index (κ1) is 16.7. The van der Waals surface area contributed by atoms with Crippen molar-refractivity contribution in [2.75, 3.05) is 26.2 Å². The number of fused-ring (bicyclic) bond motifs is 1. The molecule has 1 aliphatic heterocycles. The molecule has 2 aromatic rings.